The van der Waals surface area contributed by atoms with Crippen LogP contribution in [0.2, 0.25) is 0 Å². The molecule has 102 valence electrons. The minimum absolute atomic E-state index is 0.136. The molecular weight excluding hydrogens is 252 g/mol. The lowest BCUT2D eigenvalue weighted by Gasteiger charge is -2.29. The number of aliphatic carboxylic acids is 1. The van der Waals surface area contributed by atoms with Crippen LogP contribution in [0.15, 0.2) is 59.3 Å². The molecule has 1 heterocycles. The first kappa shape index (κ1) is 12.5. The summed E-state index contributed by atoms with van der Waals surface area (Å²) in [5.41, 5.74) is 9.48. The van der Waals surface area contributed by atoms with Crippen molar-refractivity contribution in [3.8, 4) is 0 Å². The van der Waals surface area contributed by atoms with Gasteiger partial charge in [0.05, 0.1) is 11.6 Å². The monoisotopic (exact) mass is 268 g/mol. The molecule has 1 aromatic rings. The lowest BCUT2D eigenvalue weighted by Crippen LogP contribution is -2.28. The topological polar surface area (TPSA) is 75.4 Å². The zero-order valence-electron chi connectivity index (χ0n) is 11.0. The zero-order valence-corrected chi connectivity index (χ0v) is 11.0. The normalized spacial score (nSPS) is 21.0. The quantitative estimate of drug-likeness (QED) is 0.720. The maximum Gasteiger partial charge on any atom is 0.336 e. The van der Waals surface area contributed by atoms with Crippen molar-refractivity contribution >= 4 is 11.7 Å². The van der Waals surface area contributed by atoms with Gasteiger partial charge in [0.1, 0.15) is 0 Å². The van der Waals surface area contributed by atoms with Crippen molar-refractivity contribution in [2.45, 2.75) is 18.9 Å². The molecule has 20 heavy (non-hydrogen) atoms. The molecule has 0 fully saturated rings. The van der Waals surface area contributed by atoms with Gasteiger partial charge in [0.2, 0.25) is 0 Å². The minimum atomic E-state index is -0.883. The number of fused-ring (bicyclic) bond motifs is 1. The van der Waals surface area contributed by atoms with Gasteiger partial charge in [-0.2, -0.15) is 0 Å². The maximum absolute atomic E-state index is 11.5. The highest BCUT2D eigenvalue weighted by atomic mass is 16.4. The number of nitrogen functional groups attached to an aromatic ring is 1. The van der Waals surface area contributed by atoms with Gasteiger partial charge in [0, 0.05) is 17.0 Å². The van der Waals surface area contributed by atoms with Crippen LogP contribution >= 0.6 is 0 Å². The number of carbonyl (C=O) groups is 1. The van der Waals surface area contributed by atoms with Crippen LogP contribution in [0.4, 0.5) is 5.69 Å². The Hall–Kier alpha value is -2.49. The summed E-state index contributed by atoms with van der Waals surface area (Å²) in [6, 6.07) is 7.35. The molecule has 1 unspecified atom stereocenters. The van der Waals surface area contributed by atoms with E-state index in [2.05, 4.69) is 11.4 Å². The molecule has 0 amide bonds. The van der Waals surface area contributed by atoms with E-state index < -0.39 is 5.97 Å². The first-order valence-electron chi connectivity index (χ1n) is 6.63. The van der Waals surface area contributed by atoms with Crippen LogP contribution in [0, 0.1) is 0 Å². The van der Waals surface area contributed by atoms with Gasteiger partial charge in [0.15, 0.2) is 0 Å². The fourth-order valence-electron chi connectivity index (χ4n) is 2.60. The molecule has 0 bridgehead atoms. The third-order valence-corrected chi connectivity index (χ3v) is 3.61. The summed E-state index contributed by atoms with van der Waals surface area (Å²) >= 11 is 0. The van der Waals surface area contributed by atoms with Gasteiger partial charge in [-0.15, -0.1) is 0 Å². The van der Waals surface area contributed by atoms with Crippen molar-refractivity contribution < 1.29 is 9.90 Å². The van der Waals surface area contributed by atoms with Crippen LogP contribution < -0.4 is 11.1 Å². The summed E-state index contributed by atoms with van der Waals surface area (Å²) in [5.74, 6) is -0.883. The van der Waals surface area contributed by atoms with Gasteiger partial charge in [-0.05, 0) is 36.6 Å². The van der Waals surface area contributed by atoms with E-state index in [1.54, 1.807) is 6.08 Å². The number of rotatable bonds is 2. The fraction of sp³-hybridized carbons (Fsp3) is 0.188. The van der Waals surface area contributed by atoms with Gasteiger partial charge in [-0.25, -0.2) is 4.79 Å². The first-order chi connectivity index (χ1) is 9.65. The highest BCUT2D eigenvalue weighted by molar-refractivity contribution is 5.94. The first-order valence-corrected chi connectivity index (χ1v) is 6.63. The summed E-state index contributed by atoms with van der Waals surface area (Å²) in [4.78, 5) is 11.5. The summed E-state index contributed by atoms with van der Waals surface area (Å²) in [5, 5.41) is 12.8. The number of carboxylic acid groups (broad SMARTS) is 1. The molecule has 4 N–H and O–H groups in total. The van der Waals surface area contributed by atoms with Gasteiger partial charge >= 0.3 is 5.97 Å². The van der Waals surface area contributed by atoms with Crippen LogP contribution in [0.3, 0.4) is 0 Å². The average Bonchev–Trinajstić information content (AvgIpc) is 2.46. The molecule has 0 aromatic heterocycles. The summed E-state index contributed by atoms with van der Waals surface area (Å²) in [7, 11) is 0. The Kier molecular flexibility index (Phi) is 3.06. The number of nitrogens with one attached hydrogen (secondary N) is 1. The zero-order chi connectivity index (χ0) is 14.1. The Bertz CT molecular complexity index is 639. The molecule has 0 spiro atoms. The molecule has 2 aliphatic rings. The van der Waals surface area contributed by atoms with Gasteiger partial charge in [-0.1, -0.05) is 24.3 Å². The van der Waals surface area contributed by atoms with Crippen molar-refractivity contribution in [2.24, 2.45) is 0 Å². The molecular formula is C16H16N2O2. The van der Waals surface area contributed by atoms with Gasteiger partial charge in [0.25, 0.3) is 0 Å². The highest BCUT2D eigenvalue weighted by Crippen LogP contribution is 2.33. The van der Waals surface area contributed by atoms with Crippen LogP contribution in [-0.2, 0) is 4.79 Å². The van der Waals surface area contributed by atoms with Gasteiger partial charge < -0.3 is 16.2 Å². The van der Waals surface area contributed by atoms with Crippen molar-refractivity contribution in [1.29, 1.82) is 0 Å². The second-order valence-electron chi connectivity index (χ2n) is 4.99. The Morgan fingerprint density at radius 1 is 1.20 bits per heavy atom. The Morgan fingerprint density at radius 2 is 1.90 bits per heavy atom. The number of carboxylic acids is 1. The molecule has 4 nitrogen and oxygen atoms in total. The van der Waals surface area contributed by atoms with Crippen LogP contribution in [0.5, 0.6) is 0 Å². The number of hydrogen-bond donors (Lipinski definition) is 3. The van der Waals surface area contributed by atoms with E-state index in [0.29, 0.717) is 11.3 Å². The van der Waals surface area contributed by atoms with Crippen LogP contribution in [-0.4, -0.2) is 11.1 Å². The van der Waals surface area contributed by atoms with E-state index >= 15 is 0 Å². The van der Waals surface area contributed by atoms with E-state index in [1.165, 1.54) is 0 Å². The third kappa shape index (κ3) is 2.20. The van der Waals surface area contributed by atoms with Gasteiger partial charge in [-0.3, -0.25) is 0 Å². The van der Waals surface area contributed by atoms with E-state index in [9.17, 15) is 9.90 Å². The molecule has 0 saturated carbocycles. The molecule has 1 atom stereocenters. The van der Waals surface area contributed by atoms with Crippen molar-refractivity contribution in [1.82, 2.24) is 5.32 Å². The van der Waals surface area contributed by atoms with E-state index in [0.717, 1.165) is 29.7 Å². The summed E-state index contributed by atoms with van der Waals surface area (Å²) in [6.07, 6.45) is 7.64. The lowest BCUT2D eigenvalue weighted by molar-refractivity contribution is -0.132. The Balaban J connectivity index is 2.03. The smallest absolute Gasteiger partial charge is 0.336 e. The van der Waals surface area contributed by atoms with Crippen LogP contribution in [0.25, 0.3) is 0 Å². The minimum Gasteiger partial charge on any atom is -0.478 e. The van der Waals surface area contributed by atoms with E-state index in [1.807, 2.05) is 30.3 Å². The predicted octanol–water partition coefficient (Wildman–Crippen LogP) is 2.53. The number of nitrogens with two attached hydrogens (primary N) is 1. The largest absolute Gasteiger partial charge is 0.478 e. The van der Waals surface area contributed by atoms with Crippen LogP contribution in [0.1, 0.15) is 24.4 Å². The molecule has 0 saturated heterocycles. The summed E-state index contributed by atoms with van der Waals surface area (Å²) in [6.45, 7) is 0. The van der Waals surface area contributed by atoms with Crippen molar-refractivity contribution in [3.63, 3.8) is 0 Å². The third-order valence-electron chi connectivity index (χ3n) is 3.61. The Labute approximate surface area is 117 Å². The predicted molar refractivity (Wildman–Crippen MR) is 77.8 cm³/mol. The molecule has 0 radical (unpaired) electrons. The molecule has 1 aliphatic carbocycles. The molecule has 3 rings (SSSR count). The Morgan fingerprint density at radius 3 is 2.60 bits per heavy atom. The lowest BCUT2D eigenvalue weighted by atomic mass is 9.89. The second-order valence-corrected chi connectivity index (χ2v) is 4.99. The number of hydrogen-bond acceptors (Lipinski definition) is 3. The van der Waals surface area contributed by atoms with E-state index in [4.69, 9.17) is 5.73 Å². The molecule has 1 aliphatic heterocycles. The van der Waals surface area contributed by atoms with Crippen molar-refractivity contribution in [2.75, 3.05) is 5.73 Å². The SMILES string of the molecule is Nc1ccc(C2C=C(C(=O)O)C3=CCCC=C3N2)cc1. The maximum atomic E-state index is 11.5. The number of benzene rings is 1. The number of anilines is 1. The van der Waals surface area contributed by atoms with Crippen molar-refractivity contribution in [3.05, 3.63) is 64.9 Å². The highest BCUT2D eigenvalue weighted by Gasteiger charge is 2.27. The number of allylic oxidation sites excluding steroid dienone is 3. The van der Waals surface area contributed by atoms with E-state index in [-0.39, 0.29) is 6.04 Å². The standard InChI is InChI=1S/C16H16N2O2/c17-11-7-5-10(6-8-11)15-9-13(16(19)20)12-3-1-2-4-14(12)18-15/h3-9,15,18H,1-2,17H2,(H,19,20). The molecule has 4 heteroatoms. The second kappa shape index (κ2) is 4.89. The summed E-state index contributed by atoms with van der Waals surface area (Å²) < 4.78 is 0. The average molecular weight is 268 g/mol. The fourth-order valence-corrected chi connectivity index (χ4v) is 2.60. The molecule has 1 aromatic carbocycles.